The van der Waals surface area contributed by atoms with E-state index in [0.29, 0.717) is 13.2 Å². The first-order valence-corrected chi connectivity index (χ1v) is 13.3. The molecule has 208 valence electrons. The Morgan fingerprint density at radius 1 is 0.641 bits per heavy atom. The summed E-state index contributed by atoms with van der Waals surface area (Å²) in [5.41, 5.74) is 2.51. The first kappa shape index (κ1) is 31.0. The minimum atomic E-state index is -1.20. The van der Waals surface area contributed by atoms with E-state index in [0.717, 1.165) is 48.9 Å². The summed E-state index contributed by atoms with van der Waals surface area (Å²) in [4.78, 5) is 22.3. The summed E-state index contributed by atoms with van der Waals surface area (Å²) in [5.74, 6) is -1.37. The van der Waals surface area contributed by atoms with Crippen LogP contribution in [-0.4, -0.2) is 35.4 Å². The largest absolute Gasteiger partial charge is 0.494 e. The number of azo groups is 1. The number of carboxylic acids is 2. The van der Waals surface area contributed by atoms with Crippen LogP contribution in [-0.2, 0) is 0 Å². The first-order valence-electron chi connectivity index (χ1n) is 13.3. The summed E-state index contributed by atoms with van der Waals surface area (Å²) in [6.07, 6.45) is 6.14. The third-order valence-corrected chi connectivity index (χ3v) is 5.63. The number of hydrogen-bond acceptors (Lipinski definition) is 6. The van der Waals surface area contributed by atoms with E-state index >= 15 is 0 Å². The Bertz CT molecular complexity index is 1160. The van der Waals surface area contributed by atoms with Crippen molar-refractivity contribution in [1.82, 2.24) is 0 Å². The molecule has 39 heavy (non-hydrogen) atoms. The van der Waals surface area contributed by atoms with Crippen molar-refractivity contribution in [2.24, 2.45) is 10.2 Å². The van der Waals surface area contributed by atoms with Crippen LogP contribution < -0.4 is 9.47 Å². The molecule has 3 aromatic carbocycles. The van der Waals surface area contributed by atoms with Gasteiger partial charge in [0.25, 0.3) is 0 Å². The zero-order valence-corrected chi connectivity index (χ0v) is 22.9. The van der Waals surface area contributed by atoms with Crippen LogP contribution in [0.1, 0.15) is 78.7 Å². The second-order valence-corrected chi connectivity index (χ2v) is 9.00. The third-order valence-electron chi connectivity index (χ3n) is 5.63. The van der Waals surface area contributed by atoms with Gasteiger partial charge in [0, 0.05) is 0 Å². The van der Waals surface area contributed by atoms with E-state index < -0.39 is 11.9 Å². The van der Waals surface area contributed by atoms with Crippen molar-refractivity contribution in [3.05, 3.63) is 83.4 Å². The molecular weight excluding hydrogens is 496 g/mol. The Morgan fingerprint density at radius 3 is 1.51 bits per heavy atom. The molecule has 0 aliphatic rings. The first-order chi connectivity index (χ1) is 18.8. The number of aromatic carboxylic acids is 2. The molecule has 3 aromatic rings. The summed E-state index contributed by atoms with van der Waals surface area (Å²) in [6, 6.07) is 19.1. The predicted molar refractivity (Wildman–Crippen MR) is 152 cm³/mol. The average Bonchev–Trinajstić information content (AvgIpc) is 2.94. The standard InChI is InChI=1S/C27H28N2O6.C4H10/c1-19-6-8-22(9-7-19)28-29-23-10-12-24(13-11-23)34-14-4-2-3-5-15-35-25-17-20(26(30)31)16-21(18-25)27(32)33;1-3-4-2/h6-13,16-18H,2-5,14-15H2,1H3,(H,30,31)(H,32,33);3-4H2,1-2H3/b29-28+;. The van der Waals surface area contributed by atoms with E-state index in [1.165, 1.54) is 30.5 Å². The number of ether oxygens (including phenoxy) is 2. The lowest BCUT2D eigenvalue weighted by molar-refractivity contribution is 0.0696. The molecule has 8 nitrogen and oxygen atoms in total. The lowest BCUT2D eigenvalue weighted by Gasteiger charge is -2.09. The van der Waals surface area contributed by atoms with Crippen LogP contribution in [0.15, 0.2) is 77.0 Å². The van der Waals surface area contributed by atoms with Crippen LogP contribution in [0, 0.1) is 6.92 Å². The molecule has 0 atom stereocenters. The van der Waals surface area contributed by atoms with Gasteiger partial charge in [-0.05, 0) is 87.2 Å². The van der Waals surface area contributed by atoms with Crippen molar-refractivity contribution >= 4 is 23.3 Å². The van der Waals surface area contributed by atoms with Crippen LogP contribution in [0.4, 0.5) is 11.4 Å². The maximum absolute atomic E-state index is 11.1. The van der Waals surface area contributed by atoms with E-state index in [1.54, 1.807) is 0 Å². The Kier molecular flexibility index (Phi) is 13.8. The van der Waals surface area contributed by atoms with Gasteiger partial charge < -0.3 is 19.7 Å². The van der Waals surface area contributed by atoms with Crippen molar-refractivity contribution < 1.29 is 29.3 Å². The Morgan fingerprint density at radius 2 is 1.08 bits per heavy atom. The zero-order chi connectivity index (χ0) is 28.5. The van der Waals surface area contributed by atoms with Crippen molar-refractivity contribution in [3.63, 3.8) is 0 Å². The van der Waals surface area contributed by atoms with Gasteiger partial charge in [-0.1, -0.05) is 44.4 Å². The van der Waals surface area contributed by atoms with Gasteiger partial charge in [0.2, 0.25) is 0 Å². The molecule has 0 heterocycles. The van der Waals surface area contributed by atoms with Crippen LogP contribution in [0.2, 0.25) is 0 Å². The molecule has 0 unspecified atom stereocenters. The van der Waals surface area contributed by atoms with Gasteiger partial charge in [0.05, 0.1) is 35.7 Å². The van der Waals surface area contributed by atoms with Gasteiger partial charge in [-0.2, -0.15) is 10.2 Å². The van der Waals surface area contributed by atoms with E-state index in [-0.39, 0.29) is 16.9 Å². The number of hydrogen-bond donors (Lipinski definition) is 2. The lowest BCUT2D eigenvalue weighted by Crippen LogP contribution is -2.05. The molecule has 2 N–H and O–H groups in total. The smallest absolute Gasteiger partial charge is 0.335 e. The highest BCUT2D eigenvalue weighted by Gasteiger charge is 2.12. The molecule has 0 aliphatic carbocycles. The number of carbonyl (C=O) groups is 2. The lowest BCUT2D eigenvalue weighted by atomic mass is 10.1. The third kappa shape index (κ3) is 12.3. The molecule has 0 spiro atoms. The highest BCUT2D eigenvalue weighted by atomic mass is 16.5. The number of nitrogens with zero attached hydrogens (tertiary/aromatic N) is 2. The Labute approximate surface area is 230 Å². The fourth-order valence-electron chi connectivity index (χ4n) is 3.20. The number of rotatable bonds is 14. The molecule has 0 aliphatic heterocycles. The van der Waals surface area contributed by atoms with Crippen LogP contribution in [0.3, 0.4) is 0 Å². The minimum absolute atomic E-state index is 0.112. The van der Waals surface area contributed by atoms with E-state index in [1.807, 2.05) is 55.5 Å². The molecule has 0 saturated carbocycles. The molecule has 0 amide bonds. The van der Waals surface area contributed by atoms with Gasteiger partial charge in [-0.25, -0.2) is 9.59 Å². The summed E-state index contributed by atoms with van der Waals surface area (Å²) >= 11 is 0. The molecule has 0 radical (unpaired) electrons. The molecule has 8 heteroatoms. The fraction of sp³-hybridized carbons (Fsp3) is 0.355. The van der Waals surface area contributed by atoms with Crippen LogP contribution in [0.5, 0.6) is 11.5 Å². The van der Waals surface area contributed by atoms with Gasteiger partial charge in [-0.15, -0.1) is 0 Å². The topological polar surface area (TPSA) is 118 Å². The Balaban J connectivity index is 0.00000124. The van der Waals surface area contributed by atoms with Crippen molar-refractivity contribution in [3.8, 4) is 11.5 Å². The number of aryl methyl sites for hydroxylation is 1. The van der Waals surface area contributed by atoms with E-state index in [2.05, 4.69) is 24.1 Å². The fourth-order valence-corrected chi connectivity index (χ4v) is 3.20. The van der Waals surface area contributed by atoms with Crippen molar-refractivity contribution in [2.75, 3.05) is 13.2 Å². The zero-order valence-electron chi connectivity index (χ0n) is 22.9. The quantitative estimate of drug-likeness (QED) is 0.158. The molecule has 0 bridgehead atoms. The van der Waals surface area contributed by atoms with Crippen LogP contribution in [0.25, 0.3) is 0 Å². The Hall–Kier alpha value is -4.20. The summed E-state index contributed by atoms with van der Waals surface area (Å²) in [6.45, 7) is 7.36. The van der Waals surface area contributed by atoms with E-state index in [4.69, 9.17) is 19.7 Å². The molecular formula is C31H38N2O6. The van der Waals surface area contributed by atoms with Gasteiger partial charge in [0.1, 0.15) is 11.5 Å². The second-order valence-electron chi connectivity index (χ2n) is 9.00. The van der Waals surface area contributed by atoms with Gasteiger partial charge >= 0.3 is 11.9 Å². The minimum Gasteiger partial charge on any atom is -0.494 e. The normalized spacial score (nSPS) is 10.5. The van der Waals surface area contributed by atoms with Crippen molar-refractivity contribution in [1.29, 1.82) is 0 Å². The average molecular weight is 535 g/mol. The summed E-state index contributed by atoms with van der Waals surface area (Å²) in [5, 5.41) is 26.7. The number of unbranched alkanes of at least 4 members (excludes halogenated alkanes) is 4. The number of benzene rings is 3. The highest BCUT2D eigenvalue weighted by molar-refractivity contribution is 5.94. The highest BCUT2D eigenvalue weighted by Crippen LogP contribution is 2.22. The summed E-state index contributed by atoms with van der Waals surface area (Å²) in [7, 11) is 0. The second kappa shape index (κ2) is 17.3. The summed E-state index contributed by atoms with van der Waals surface area (Å²) < 4.78 is 11.3. The number of carboxylic acid groups (broad SMARTS) is 2. The van der Waals surface area contributed by atoms with Gasteiger partial charge in [-0.3, -0.25) is 0 Å². The van der Waals surface area contributed by atoms with Crippen molar-refractivity contribution in [2.45, 2.75) is 59.3 Å². The maximum atomic E-state index is 11.1. The maximum Gasteiger partial charge on any atom is 0.335 e. The molecule has 0 fully saturated rings. The molecule has 3 rings (SSSR count). The monoisotopic (exact) mass is 534 g/mol. The molecule has 0 aromatic heterocycles. The molecule has 0 saturated heterocycles. The van der Waals surface area contributed by atoms with Gasteiger partial charge in [0.15, 0.2) is 0 Å². The SMILES string of the molecule is CCCC.Cc1ccc(/N=N/c2ccc(OCCCCCCOc3cc(C(=O)O)cc(C(=O)O)c3)cc2)cc1. The van der Waals surface area contributed by atoms with Crippen LogP contribution >= 0.6 is 0 Å². The predicted octanol–water partition coefficient (Wildman–Crippen LogP) is 8.63. The van der Waals surface area contributed by atoms with E-state index in [9.17, 15) is 9.59 Å².